The lowest BCUT2D eigenvalue weighted by Gasteiger charge is -2.35. The van der Waals surface area contributed by atoms with Crippen LogP contribution >= 0.6 is 22.9 Å². The number of amides is 2. The Balaban J connectivity index is 1.32. The Labute approximate surface area is 206 Å². The van der Waals surface area contributed by atoms with Crippen LogP contribution in [-0.2, 0) is 6.54 Å². The average Bonchev–Trinajstić information content (AvgIpc) is 3.30. The van der Waals surface area contributed by atoms with E-state index in [-0.39, 0.29) is 5.91 Å². The normalized spacial score (nSPS) is 14.4. The van der Waals surface area contributed by atoms with Crippen molar-refractivity contribution in [1.82, 2.24) is 14.8 Å². The van der Waals surface area contributed by atoms with Crippen LogP contribution < -0.4 is 5.73 Å². The first-order valence-electron chi connectivity index (χ1n) is 11.0. The molecule has 2 aromatic carbocycles. The molecule has 172 valence electrons. The van der Waals surface area contributed by atoms with Gasteiger partial charge in [0.25, 0.3) is 5.91 Å². The van der Waals surface area contributed by atoms with Gasteiger partial charge in [-0.1, -0.05) is 41.9 Å². The summed E-state index contributed by atoms with van der Waals surface area (Å²) in [6, 6.07) is 20.8. The Morgan fingerprint density at radius 3 is 2.38 bits per heavy atom. The van der Waals surface area contributed by atoms with Gasteiger partial charge in [-0.25, -0.2) is 4.98 Å². The molecule has 0 atom stereocenters. The fraction of sp³-hybridized carbons (Fsp3) is 0.192. The van der Waals surface area contributed by atoms with Gasteiger partial charge in [-0.05, 0) is 42.0 Å². The van der Waals surface area contributed by atoms with Crippen LogP contribution in [0, 0.1) is 0 Å². The first kappa shape index (κ1) is 22.5. The van der Waals surface area contributed by atoms with Gasteiger partial charge < -0.3 is 10.6 Å². The highest BCUT2D eigenvalue weighted by Crippen LogP contribution is 2.32. The quantitative estimate of drug-likeness (QED) is 0.440. The second-order valence-electron chi connectivity index (χ2n) is 8.31. The van der Waals surface area contributed by atoms with Crippen molar-refractivity contribution in [3.8, 4) is 10.6 Å². The number of aromatic nitrogens is 1. The molecule has 1 saturated heterocycles. The summed E-state index contributed by atoms with van der Waals surface area (Å²) in [5.74, 6) is -0.402. The van der Waals surface area contributed by atoms with E-state index in [1.165, 1.54) is 11.3 Å². The van der Waals surface area contributed by atoms with Crippen molar-refractivity contribution in [1.29, 1.82) is 0 Å². The predicted molar refractivity (Wildman–Crippen MR) is 136 cm³/mol. The number of fused-ring (bicyclic) bond motifs is 1. The van der Waals surface area contributed by atoms with Gasteiger partial charge in [-0.15, -0.1) is 11.3 Å². The van der Waals surface area contributed by atoms with Crippen LogP contribution in [0.5, 0.6) is 0 Å². The third-order valence-electron chi connectivity index (χ3n) is 6.08. The van der Waals surface area contributed by atoms with Gasteiger partial charge in [0, 0.05) is 43.7 Å². The second-order valence-corrected chi connectivity index (χ2v) is 10.0. The van der Waals surface area contributed by atoms with E-state index < -0.39 is 5.91 Å². The summed E-state index contributed by atoms with van der Waals surface area (Å²) in [4.78, 5) is 34.8. The van der Waals surface area contributed by atoms with E-state index in [9.17, 15) is 9.59 Å². The molecule has 1 aliphatic rings. The van der Waals surface area contributed by atoms with Crippen molar-refractivity contribution in [3.63, 3.8) is 0 Å². The summed E-state index contributed by atoms with van der Waals surface area (Å²) < 4.78 is 0.693. The molecule has 2 N–H and O–H groups in total. The zero-order chi connectivity index (χ0) is 23.7. The average molecular weight is 491 g/mol. The number of benzene rings is 2. The van der Waals surface area contributed by atoms with Crippen LogP contribution in [0.4, 0.5) is 0 Å². The number of rotatable bonds is 5. The summed E-state index contributed by atoms with van der Waals surface area (Å²) in [7, 11) is 0. The fourth-order valence-electron chi connectivity index (χ4n) is 4.24. The van der Waals surface area contributed by atoms with E-state index in [1.54, 1.807) is 12.1 Å². The molecule has 3 heterocycles. The maximum Gasteiger partial charge on any atom is 0.254 e. The van der Waals surface area contributed by atoms with Crippen molar-refractivity contribution < 1.29 is 9.59 Å². The standard InChI is InChI=1S/C26H23ClN4O2S/c27-24-10-9-23(34-24)22-15-20(19-3-1-2-4-21(19)29-22)26(33)31-13-11-30(12-14-31)16-17-5-7-18(8-6-17)25(28)32/h1-10,15H,11-14,16H2,(H2,28,32). The number of carbonyl (C=O) groups is 2. The zero-order valence-electron chi connectivity index (χ0n) is 18.4. The topological polar surface area (TPSA) is 79.5 Å². The monoisotopic (exact) mass is 490 g/mol. The third kappa shape index (κ3) is 4.68. The van der Waals surface area contributed by atoms with Crippen LogP contribution in [0.15, 0.2) is 66.7 Å². The molecule has 0 aliphatic carbocycles. The fourth-order valence-corrected chi connectivity index (χ4v) is 5.25. The van der Waals surface area contributed by atoms with Crippen molar-refractivity contribution in [2.24, 2.45) is 5.73 Å². The van der Waals surface area contributed by atoms with Gasteiger partial charge in [0.2, 0.25) is 5.91 Å². The smallest absolute Gasteiger partial charge is 0.254 e. The molecule has 0 unspecified atom stereocenters. The summed E-state index contributed by atoms with van der Waals surface area (Å²) in [5.41, 5.74) is 9.17. The Morgan fingerprint density at radius 2 is 1.71 bits per heavy atom. The number of para-hydroxylation sites is 1. The van der Waals surface area contributed by atoms with Gasteiger partial charge >= 0.3 is 0 Å². The van der Waals surface area contributed by atoms with Crippen LogP contribution in [0.1, 0.15) is 26.3 Å². The highest BCUT2D eigenvalue weighted by molar-refractivity contribution is 7.19. The van der Waals surface area contributed by atoms with Crippen LogP contribution in [0.2, 0.25) is 4.34 Å². The lowest BCUT2D eigenvalue weighted by molar-refractivity contribution is 0.0630. The van der Waals surface area contributed by atoms with Crippen molar-refractivity contribution in [2.45, 2.75) is 6.54 Å². The van der Waals surface area contributed by atoms with Crippen molar-refractivity contribution in [2.75, 3.05) is 26.2 Å². The molecule has 1 fully saturated rings. The molecular weight excluding hydrogens is 468 g/mol. The summed E-state index contributed by atoms with van der Waals surface area (Å²) >= 11 is 7.59. The number of carbonyl (C=O) groups excluding carboxylic acids is 2. The van der Waals surface area contributed by atoms with Crippen LogP contribution in [0.25, 0.3) is 21.5 Å². The lowest BCUT2D eigenvalue weighted by atomic mass is 10.0. The molecular formula is C26H23ClN4O2S. The van der Waals surface area contributed by atoms with E-state index in [4.69, 9.17) is 22.3 Å². The molecule has 0 radical (unpaired) electrons. The third-order valence-corrected chi connectivity index (χ3v) is 7.33. The molecule has 5 rings (SSSR count). The minimum absolute atomic E-state index is 0.0213. The van der Waals surface area contributed by atoms with Gasteiger partial charge in [-0.2, -0.15) is 0 Å². The summed E-state index contributed by atoms with van der Waals surface area (Å²) in [6.07, 6.45) is 0. The molecule has 0 spiro atoms. The van der Waals surface area contributed by atoms with Gasteiger partial charge in [0.05, 0.1) is 26.0 Å². The maximum atomic E-state index is 13.6. The first-order chi connectivity index (χ1) is 16.5. The summed E-state index contributed by atoms with van der Waals surface area (Å²) in [6.45, 7) is 3.62. The van der Waals surface area contributed by atoms with E-state index >= 15 is 0 Å². The number of hydrogen-bond acceptors (Lipinski definition) is 5. The highest BCUT2D eigenvalue weighted by atomic mass is 35.5. The molecule has 2 amide bonds. The number of halogens is 1. The predicted octanol–water partition coefficient (Wildman–Crippen LogP) is 4.67. The van der Waals surface area contributed by atoms with Gasteiger partial charge in [-0.3, -0.25) is 14.5 Å². The number of thiophene rings is 1. The molecule has 1 aliphatic heterocycles. The first-order valence-corrected chi connectivity index (χ1v) is 12.2. The Kier molecular flexibility index (Phi) is 6.32. The Hall–Kier alpha value is -3.26. The minimum atomic E-state index is -0.423. The van der Waals surface area contributed by atoms with E-state index in [0.717, 1.165) is 46.7 Å². The largest absolute Gasteiger partial charge is 0.366 e. The molecule has 8 heteroatoms. The van der Waals surface area contributed by atoms with E-state index in [1.807, 2.05) is 59.5 Å². The minimum Gasteiger partial charge on any atom is -0.366 e. The molecule has 0 saturated carbocycles. The van der Waals surface area contributed by atoms with E-state index in [2.05, 4.69) is 4.90 Å². The second kappa shape index (κ2) is 9.54. The van der Waals surface area contributed by atoms with Crippen LogP contribution in [0.3, 0.4) is 0 Å². The van der Waals surface area contributed by atoms with Gasteiger partial charge in [0.15, 0.2) is 0 Å². The molecule has 34 heavy (non-hydrogen) atoms. The van der Waals surface area contributed by atoms with E-state index in [0.29, 0.717) is 28.6 Å². The summed E-state index contributed by atoms with van der Waals surface area (Å²) in [5, 5.41) is 0.857. The number of primary amides is 1. The number of nitrogens with two attached hydrogens (primary N) is 1. The molecule has 0 bridgehead atoms. The maximum absolute atomic E-state index is 13.6. The Morgan fingerprint density at radius 1 is 0.971 bits per heavy atom. The van der Waals surface area contributed by atoms with Crippen molar-refractivity contribution >= 4 is 45.7 Å². The van der Waals surface area contributed by atoms with Crippen LogP contribution in [-0.4, -0.2) is 52.8 Å². The number of piperazine rings is 1. The SMILES string of the molecule is NC(=O)c1ccc(CN2CCN(C(=O)c3cc(-c4ccc(Cl)s4)nc4ccccc34)CC2)cc1. The molecule has 6 nitrogen and oxygen atoms in total. The number of hydrogen-bond donors (Lipinski definition) is 1. The molecule has 2 aromatic heterocycles. The molecule has 4 aromatic rings. The highest BCUT2D eigenvalue weighted by Gasteiger charge is 2.24. The Bertz CT molecular complexity index is 1360. The number of nitrogens with zero attached hydrogens (tertiary/aromatic N) is 3. The zero-order valence-corrected chi connectivity index (χ0v) is 20.0. The lowest BCUT2D eigenvalue weighted by Crippen LogP contribution is -2.48. The van der Waals surface area contributed by atoms with Crippen molar-refractivity contribution in [3.05, 3.63) is 87.8 Å². The number of pyridine rings is 1. The van der Waals surface area contributed by atoms with Gasteiger partial charge in [0.1, 0.15) is 0 Å².